The smallest absolute Gasteiger partial charge is 0.323 e. The van der Waals surface area contributed by atoms with Crippen LogP contribution in [0.5, 0.6) is 0 Å². The van der Waals surface area contributed by atoms with E-state index < -0.39 is 0 Å². The Labute approximate surface area is 92.6 Å². The largest absolute Gasteiger partial charge is 0.461 e. The Hall–Kier alpha value is -0.570. The van der Waals surface area contributed by atoms with Gasteiger partial charge in [-0.1, -0.05) is 20.8 Å². The van der Waals surface area contributed by atoms with Crippen LogP contribution in [0.25, 0.3) is 0 Å². The summed E-state index contributed by atoms with van der Waals surface area (Å²) in [4.78, 5) is 11.8. The molecule has 1 aliphatic rings. The zero-order valence-electron chi connectivity index (χ0n) is 10.2. The summed E-state index contributed by atoms with van der Waals surface area (Å²) < 4.78 is 5.42. The lowest BCUT2D eigenvalue weighted by Crippen LogP contribution is -2.47. The van der Waals surface area contributed by atoms with Crippen molar-refractivity contribution in [2.24, 2.45) is 11.8 Å². The van der Waals surface area contributed by atoms with E-state index in [2.05, 4.69) is 26.1 Å². The van der Waals surface area contributed by atoms with E-state index in [0.717, 1.165) is 19.4 Å². The molecule has 1 fully saturated rings. The number of ether oxygens (including phenoxy) is 1. The van der Waals surface area contributed by atoms with E-state index in [-0.39, 0.29) is 18.1 Å². The molecular weight excluding hydrogens is 190 g/mol. The van der Waals surface area contributed by atoms with Gasteiger partial charge in [-0.3, -0.25) is 4.79 Å². The molecule has 1 heterocycles. The van der Waals surface area contributed by atoms with Crippen LogP contribution >= 0.6 is 0 Å². The lowest BCUT2D eigenvalue weighted by Gasteiger charge is -2.29. The van der Waals surface area contributed by atoms with Crippen LogP contribution in [0, 0.1) is 11.8 Å². The number of rotatable bonds is 3. The SMILES string of the molecule is CC(C)C(C)OC(=O)C1NCCCC1C. The Kier molecular flexibility index (Phi) is 4.58. The molecule has 0 bridgehead atoms. The molecule has 15 heavy (non-hydrogen) atoms. The van der Waals surface area contributed by atoms with Crippen molar-refractivity contribution in [3.05, 3.63) is 0 Å². The van der Waals surface area contributed by atoms with E-state index in [1.165, 1.54) is 0 Å². The van der Waals surface area contributed by atoms with Gasteiger partial charge in [0.15, 0.2) is 0 Å². The maximum absolute atomic E-state index is 11.8. The van der Waals surface area contributed by atoms with Gasteiger partial charge in [0.2, 0.25) is 0 Å². The second-order valence-corrected chi connectivity index (χ2v) is 4.94. The minimum absolute atomic E-state index is 0.00780. The average molecular weight is 213 g/mol. The summed E-state index contributed by atoms with van der Waals surface area (Å²) in [7, 11) is 0. The van der Waals surface area contributed by atoms with E-state index in [1.54, 1.807) is 0 Å². The molecule has 0 saturated carbocycles. The number of hydrogen-bond donors (Lipinski definition) is 1. The molecule has 1 aliphatic heterocycles. The van der Waals surface area contributed by atoms with Gasteiger partial charge in [-0.15, -0.1) is 0 Å². The van der Waals surface area contributed by atoms with E-state index in [4.69, 9.17) is 4.74 Å². The first-order valence-electron chi connectivity index (χ1n) is 5.96. The van der Waals surface area contributed by atoms with E-state index in [0.29, 0.717) is 11.8 Å². The Balaban J connectivity index is 2.45. The molecule has 3 atom stereocenters. The summed E-state index contributed by atoms with van der Waals surface area (Å²) in [6.45, 7) is 9.12. The first kappa shape index (κ1) is 12.5. The van der Waals surface area contributed by atoms with Crippen LogP contribution in [0.3, 0.4) is 0 Å². The second kappa shape index (κ2) is 5.50. The predicted octanol–water partition coefficient (Wildman–Crippen LogP) is 1.96. The molecule has 1 saturated heterocycles. The lowest BCUT2D eigenvalue weighted by molar-refractivity contribution is -0.154. The van der Waals surface area contributed by atoms with Gasteiger partial charge in [0.1, 0.15) is 12.1 Å². The molecule has 0 aromatic heterocycles. The highest BCUT2D eigenvalue weighted by atomic mass is 16.5. The number of esters is 1. The summed E-state index contributed by atoms with van der Waals surface area (Å²) >= 11 is 0. The molecule has 0 aliphatic carbocycles. The molecule has 3 unspecified atom stereocenters. The molecule has 3 nitrogen and oxygen atoms in total. The minimum Gasteiger partial charge on any atom is -0.461 e. The van der Waals surface area contributed by atoms with Crippen molar-refractivity contribution < 1.29 is 9.53 Å². The number of carbonyl (C=O) groups excluding carboxylic acids is 1. The first-order chi connectivity index (χ1) is 7.02. The van der Waals surface area contributed by atoms with Crippen molar-refractivity contribution in [1.29, 1.82) is 0 Å². The lowest BCUT2D eigenvalue weighted by atomic mass is 9.93. The third-order valence-electron chi connectivity index (χ3n) is 3.26. The van der Waals surface area contributed by atoms with Crippen molar-refractivity contribution in [1.82, 2.24) is 5.32 Å². The predicted molar refractivity (Wildman–Crippen MR) is 60.6 cm³/mol. The number of carbonyl (C=O) groups is 1. The zero-order valence-corrected chi connectivity index (χ0v) is 10.2. The van der Waals surface area contributed by atoms with E-state index >= 15 is 0 Å². The van der Waals surface area contributed by atoms with E-state index in [9.17, 15) is 4.79 Å². The Morgan fingerprint density at radius 2 is 2.07 bits per heavy atom. The van der Waals surface area contributed by atoms with Gasteiger partial charge in [0.25, 0.3) is 0 Å². The van der Waals surface area contributed by atoms with Crippen LogP contribution in [0.2, 0.25) is 0 Å². The fraction of sp³-hybridized carbons (Fsp3) is 0.917. The Morgan fingerprint density at radius 1 is 1.40 bits per heavy atom. The molecule has 0 spiro atoms. The third kappa shape index (κ3) is 3.49. The maximum atomic E-state index is 11.8. The molecule has 0 aromatic carbocycles. The topological polar surface area (TPSA) is 38.3 Å². The molecule has 0 amide bonds. The van der Waals surface area contributed by atoms with Crippen LogP contribution in [0.15, 0.2) is 0 Å². The average Bonchev–Trinajstić information content (AvgIpc) is 2.18. The molecule has 0 aromatic rings. The maximum Gasteiger partial charge on any atom is 0.323 e. The fourth-order valence-electron chi connectivity index (χ4n) is 1.76. The normalized spacial score (nSPS) is 28.9. The van der Waals surface area contributed by atoms with Gasteiger partial charge in [-0.25, -0.2) is 0 Å². The highest BCUT2D eigenvalue weighted by Gasteiger charge is 2.29. The molecule has 0 radical (unpaired) electrons. The first-order valence-corrected chi connectivity index (χ1v) is 5.96. The van der Waals surface area contributed by atoms with Crippen LogP contribution in [0.4, 0.5) is 0 Å². The summed E-state index contributed by atoms with van der Waals surface area (Å²) in [5.41, 5.74) is 0. The van der Waals surface area contributed by atoms with Crippen LogP contribution < -0.4 is 5.32 Å². The van der Waals surface area contributed by atoms with Gasteiger partial charge in [0, 0.05) is 0 Å². The van der Waals surface area contributed by atoms with Crippen molar-refractivity contribution in [3.8, 4) is 0 Å². The summed E-state index contributed by atoms with van der Waals surface area (Å²) in [6, 6.07) is -0.0973. The second-order valence-electron chi connectivity index (χ2n) is 4.94. The standard InChI is InChI=1S/C12H23NO2/c1-8(2)10(4)15-12(14)11-9(3)6-5-7-13-11/h8-11,13H,5-7H2,1-4H3. The van der Waals surface area contributed by atoms with Gasteiger partial charge >= 0.3 is 5.97 Å². The van der Waals surface area contributed by atoms with Gasteiger partial charge in [0.05, 0.1) is 0 Å². The summed E-state index contributed by atoms with van der Waals surface area (Å²) in [6.07, 6.45) is 2.28. The number of nitrogens with one attached hydrogen (secondary N) is 1. The van der Waals surface area contributed by atoms with Crippen molar-refractivity contribution in [2.45, 2.75) is 52.7 Å². The Bertz CT molecular complexity index is 216. The van der Waals surface area contributed by atoms with Crippen LogP contribution in [-0.4, -0.2) is 24.7 Å². The third-order valence-corrected chi connectivity index (χ3v) is 3.26. The molecule has 88 valence electrons. The number of piperidine rings is 1. The van der Waals surface area contributed by atoms with Gasteiger partial charge in [-0.2, -0.15) is 0 Å². The Morgan fingerprint density at radius 3 is 2.60 bits per heavy atom. The van der Waals surface area contributed by atoms with Crippen LogP contribution in [0.1, 0.15) is 40.5 Å². The molecule has 3 heteroatoms. The van der Waals surface area contributed by atoms with Crippen LogP contribution in [-0.2, 0) is 9.53 Å². The molecular formula is C12H23NO2. The highest BCUT2D eigenvalue weighted by Crippen LogP contribution is 2.18. The highest BCUT2D eigenvalue weighted by molar-refractivity contribution is 5.76. The molecule has 1 N–H and O–H groups in total. The zero-order chi connectivity index (χ0) is 11.4. The fourth-order valence-corrected chi connectivity index (χ4v) is 1.76. The van der Waals surface area contributed by atoms with Gasteiger partial charge in [-0.05, 0) is 38.1 Å². The van der Waals surface area contributed by atoms with E-state index in [1.807, 2.05) is 6.92 Å². The van der Waals surface area contributed by atoms with Crippen molar-refractivity contribution in [2.75, 3.05) is 6.54 Å². The number of hydrogen-bond acceptors (Lipinski definition) is 3. The monoisotopic (exact) mass is 213 g/mol. The van der Waals surface area contributed by atoms with Gasteiger partial charge < -0.3 is 10.1 Å². The quantitative estimate of drug-likeness (QED) is 0.728. The summed E-state index contributed by atoms with van der Waals surface area (Å²) in [5, 5.41) is 3.24. The molecule has 1 rings (SSSR count). The minimum atomic E-state index is -0.0973. The summed E-state index contributed by atoms with van der Waals surface area (Å²) in [5.74, 6) is 0.696. The van der Waals surface area contributed by atoms with Crippen molar-refractivity contribution in [3.63, 3.8) is 0 Å². The van der Waals surface area contributed by atoms with Crippen molar-refractivity contribution >= 4 is 5.97 Å².